The van der Waals surface area contributed by atoms with Gasteiger partial charge in [-0.25, -0.2) is 18.6 Å². The zero-order chi connectivity index (χ0) is 34.1. The van der Waals surface area contributed by atoms with Gasteiger partial charge in [0.25, 0.3) is 5.91 Å². The first kappa shape index (κ1) is 34.1. The lowest BCUT2D eigenvalue weighted by Gasteiger charge is -2.27. The van der Waals surface area contributed by atoms with E-state index in [0.717, 1.165) is 25.0 Å². The monoisotopic (exact) mass is 683 g/mol. The van der Waals surface area contributed by atoms with Crippen LogP contribution in [0.2, 0.25) is 0 Å². The number of aromatic amines is 1. The predicted octanol–water partition coefficient (Wildman–Crippen LogP) is 6.25. The summed E-state index contributed by atoms with van der Waals surface area (Å²) in [6.45, 7) is 5.85. The van der Waals surface area contributed by atoms with Crippen molar-refractivity contribution >= 4 is 45.8 Å². The molecule has 0 radical (unpaired) electrons. The fourth-order valence-corrected chi connectivity index (χ4v) is 6.16. The molecule has 1 atom stereocenters. The van der Waals surface area contributed by atoms with Crippen LogP contribution in [-0.4, -0.2) is 70.5 Å². The molecule has 0 spiro atoms. The van der Waals surface area contributed by atoms with Crippen LogP contribution < -0.4 is 20.4 Å². The topological polar surface area (TPSA) is 133 Å². The number of hydrogen-bond acceptors (Lipinski definition) is 8. The Labute approximate surface area is 270 Å². The number of halogens is 5. The first-order chi connectivity index (χ1) is 22.1. The Morgan fingerprint density at radius 1 is 1.09 bits per heavy atom. The molecule has 1 aliphatic heterocycles. The number of amides is 3. The van der Waals surface area contributed by atoms with Crippen LogP contribution >= 0.6 is 11.3 Å². The Hall–Kier alpha value is -4.28. The van der Waals surface area contributed by atoms with Crippen LogP contribution in [0, 0.1) is 17.6 Å². The van der Waals surface area contributed by atoms with E-state index in [1.54, 1.807) is 20.8 Å². The van der Waals surface area contributed by atoms with Crippen LogP contribution in [0.1, 0.15) is 63.4 Å². The fourth-order valence-electron chi connectivity index (χ4n) is 5.17. The largest absolute Gasteiger partial charge is 0.471 e. The van der Waals surface area contributed by atoms with Crippen LogP contribution in [0.25, 0.3) is 10.6 Å². The van der Waals surface area contributed by atoms with E-state index in [4.69, 9.17) is 4.74 Å². The van der Waals surface area contributed by atoms with Crippen molar-refractivity contribution in [3.05, 3.63) is 41.7 Å². The average Bonchev–Trinajstić information content (AvgIpc) is 3.59. The van der Waals surface area contributed by atoms with Gasteiger partial charge in [0.05, 0.1) is 11.8 Å². The third-order valence-corrected chi connectivity index (χ3v) is 8.52. The Balaban J connectivity index is 1.46. The zero-order valence-electron chi connectivity index (χ0n) is 25.8. The van der Waals surface area contributed by atoms with Crippen LogP contribution in [0.5, 0.6) is 0 Å². The summed E-state index contributed by atoms with van der Waals surface area (Å²) in [7, 11) is 0. The summed E-state index contributed by atoms with van der Waals surface area (Å²) in [5, 5.41) is 11.4. The number of rotatable bonds is 8. The SMILES string of the molecule is CC(C)(C)OC(=O)Nc1sc(-c2c(F)cccc2F)nc1C(=O)N(CC1CC1)c1cn[nH]c1N1CCC[C@@H](NC(=O)C(F)(F)F)CC1. The number of benzene rings is 1. The second-order valence-electron chi connectivity index (χ2n) is 12.5. The van der Waals surface area contributed by atoms with Crippen molar-refractivity contribution in [2.24, 2.45) is 5.92 Å². The first-order valence-corrected chi connectivity index (χ1v) is 15.9. The highest BCUT2D eigenvalue weighted by molar-refractivity contribution is 7.19. The van der Waals surface area contributed by atoms with Gasteiger partial charge in [0.15, 0.2) is 5.69 Å². The number of anilines is 3. The van der Waals surface area contributed by atoms with E-state index in [1.165, 1.54) is 17.2 Å². The molecule has 2 aromatic heterocycles. The molecule has 1 aliphatic carbocycles. The number of carbonyl (C=O) groups is 3. The number of ether oxygens (including phenoxy) is 1. The standard InChI is InChI=1S/C30H34F5N7O4S/c1-29(2,3)46-28(45)39-25-22(38-24(47-25)21-18(31)7-4-8-19(21)32)26(43)42(15-16-9-10-16)20-14-36-40-23(20)41-12-5-6-17(11-13-41)37-27(44)30(33,34)35/h4,7-8,14,16-17H,5-6,9-13,15H2,1-3H3,(H,36,40)(H,37,44)(H,39,45)/t17-/m1/s1. The molecule has 254 valence electrons. The van der Waals surface area contributed by atoms with Crippen molar-refractivity contribution in [1.29, 1.82) is 0 Å². The smallest absolute Gasteiger partial charge is 0.444 e. The minimum Gasteiger partial charge on any atom is -0.444 e. The normalized spacial score (nSPS) is 17.2. The molecule has 1 saturated carbocycles. The number of alkyl halides is 3. The van der Waals surface area contributed by atoms with Crippen LogP contribution in [0.15, 0.2) is 24.4 Å². The maximum absolute atomic E-state index is 14.8. The molecule has 11 nitrogen and oxygen atoms in total. The molecule has 5 rings (SSSR count). The van der Waals surface area contributed by atoms with Gasteiger partial charge in [0.1, 0.15) is 38.7 Å². The van der Waals surface area contributed by atoms with Gasteiger partial charge >= 0.3 is 18.2 Å². The third kappa shape index (κ3) is 8.36. The van der Waals surface area contributed by atoms with E-state index in [9.17, 15) is 36.3 Å². The molecule has 3 aromatic rings. The first-order valence-electron chi connectivity index (χ1n) is 15.0. The quantitative estimate of drug-likeness (QED) is 0.239. The summed E-state index contributed by atoms with van der Waals surface area (Å²) >= 11 is 0.715. The van der Waals surface area contributed by atoms with Crippen molar-refractivity contribution < 1.29 is 41.1 Å². The molecular weight excluding hydrogens is 649 g/mol. The number of aromatic nitrogens is 3. The highest BCUT2D eigenvalue weighted by Gasteiger charge is 2.40. The fraction of sp³-hybridized carbons (Fsp3) is 0.500. The second-order valence-corrected chi connectivity index (χ2v) is 13.5. The maximum Gasteiger partial charge on any atom is 0.471 e. The minimum absolute atomic E-state index is 0.0780. The van der Waals surface area contributed by atoms with Crippen LogP contribution in [0.4, 0.5) is 43.3 Å². The Bertz CT molecular complexity index is 1610. The van der Waals surface area contributed by atoms with Crippen LogP contribution in [0.3, 0.4) is 0 Å². The van der Waals surface area contributed by atoms with Gasteiger partial charge in [-0.05, 0) is 70.9 Å². The van der Waals surface area contributed by atoms with Gasteiger partial charge in [0, 0.05) is 25.7 Å². The molecule has 3 heterocycles. The van der Waals surface area contributed by atoms with Crippen LogP contribution in [-0.2, 0) is 9.53 Å². The number of hydrogen-bond donors (Lipinski definition) is 3. The van der Waals surface area contributed by atoms with Gasteiger partial charge in [-0.1, -0.05) is 17.4 Å². The average molecular weight is 684 g/mol. The summed E-state index contributed by atoms with van der Waals surface area (Å²) in [5.41, 5.74) is -1.25. The maximum atomic E-state index is 14.8. The van der Waals surface area contributed by atoms with Crippen molar-refractivity contribution in [3.8, 4) is 10.6 Å². The summed E-state index contributed by atoms with van der Waals surface area (Å²) in [4.78, 5) is 46.2. The number of H-pyrrole nitrogens is 1. The summed E-state index contributed by atoms with van der Waals surface area (Å²) < 4.78 is 73.5. The second kappa shape index (κ2) is 13.4. The molecule has 17 heteroatoms. The van der Waals surface area contributed by atoms with Crippen molar-refractivity contribution in [2.45, 2.75) is 70.7 Å². The van der Waals surface area contributed by atoms with E-state index in [1.807, 2.05) is 10.2 Å². The molecule has 3 N–H and O–H groups in total. The summed E-state index contributed by atoms with van der Waals surface area (Å²) in [5.74, 6) is -3.89. The molecular formula is C30H34F5N7O4S. The predicted molar refractivity (Wildman–Crippen MR) is 164 cm³/mol. The molecule has 1 saturated heterocycles. The molecule has 1 aromatic carbocycles. The summed E-state index contributed by atoms with van der Waals surface area (Å²) in [6.07, 6.45) is -1.76. The molecule has 3 amide bonds. The number of nitrogens with one attached hydrogen (secondary N) is 3. The van der Waals surface area contributed by atoms with Crippen molar-refractivity contribution in [2.75, 3.05) is 34.8 Å². The third-order valence-electron chi connectivity index (χ3n) is 7.53. The van der Waals surface area contributed by atoms with E-state index in [-0.39, 0.29) is 41.1 Å². The highest BCUT2D eigenvalue weighted by atomic mass is 32.1. The number of thiazole rings is 1. The lowest BCUT2D eigenvalue weighted by Crippen LogP contribution is -2.43. The van der Waals surface area contributed by atoms with Gasteiger partial charge < -0.3 is 19.9 Å². The molecule has 47 heavy (non-hydrogen) atoms. The number of carbonyl (C=O) groups excluding carboxylic acids is 3. The van der Waals surface area contributed by atoms with E-state index in [0.29, 0.717) is 42.2 Å². The van der Waals surface area contributed by atoms with Gasteiger partial charge in [-0.15, -0.1) is 0 Å². The van der Waals surface area contributed by atoms with E-state index in [2.05, 4.69) is 20.5 Å². The van der Waals surface area contributed by atoms with Gasteiger partial charge in [0.2, 0.25) is 0 Å². The summed E-state index contributed by atoms with van der Waals surface area (Å²) in [6, 6.07) is 2.61. The minimum atomic E-state index is -4.99. The van der Waals surface area contributed by atoms with Crippen molar-refractivity contribution in [3.63, 3.8) is 0 Å². The molecule has 0 unspecified atom stereocenters. The van der Waals surface area contributed by atoms with E-state index >= 15 is 0 Å². The molecule has 2 fully saturated rings. The lowest BCUT2D eigenvalue weighted by molar-refractivity contribution is -0.174. The Morgan fingerprint density at radius 2 is 1.79 bits per heavy atom. The van der Waals surface area contributed by atoms with Gasteiger partial charge in [-0.3, -0.25) is 20.0 Å². The molecule has 2 aliphatic rings. The van der Waals surface area contributed by atoms with Gasteiger partial charge in [-0.2, -0.15) is 18.3 Å². The van der Waals surface area contributed by atoms with E-state index < -0.39 is 52.9 Å². The lowest BCUT2D eigenvalue weighted by atomic mass is 10.1. The Morgan fingerprint density at radius 3 is 2.43 bits per heavy atom. The van der Waals surface area contributed by atoms with Crippen molar-refractivity contribution in [1.82, 2.24) is 20.5 Å². The Kier molecular flexibility index (Phi) is 9.75. The zero-order valence-corrected chi connectivity index (χ0v) is 26.7. The number of nitrogens with zero attached hydrogens (tertiary/aromatic N) is 4. The molecule has 0 bridgehead atoms. The highest BCUT2D eigenvalue weighted by Crippen LogP contribution is 2.40.